The molecule has 1 fully saturated rings. The number of carboxylic acids is 1. The zero-order valence-electron chi connectivity index (χ0n) is 14.9. The van der Waals surface area contributed by atoms with E-state index >= 15 is 0 Å². The monoisotopic (exact) mass is 430 g/mol. The van der Waals surface area contributed by atoms with Gasteiger partial charge in [-0.25, -0.2) is 9.69 Å². The van der Waals surface area contributed by atoms with Gasteiger partial charge in [-0.2, -0.15) is 5.10 Å². The molecule has 1 saturated heterocycles. The molecule has 2 aromatic carbocycles. The molecule has 2 aromatic rings. The second kappa shape index (κ2) is 8.89. The van der Waals surface area contributed by atoms with Gasteiger partial charge in [-0.15, -0.1) is 5.10 Å². The van der Waals surface area contributed by atoms with Crippen molar-refractivity contribution < 1.29 is 19.5 Å². The minimum absolute atomic E-state index is 0.0144. The number of nitrogens with two attached hydrogens (primary N) is 1. The SMILES string of the molecule is NC(=N/N=C\c1ccccc1Cl)S[C@H]1CC(=O)N(c2cccc(C(=O)O)c2)C1=O. The number of aromatic carboxylic acids is 1. The molecule has 1 heterocycles. The summed E-state index contributed by atoms with van der Waals surface area (Å²) in [5.41, 5.74) is 6.66. The number of hydrogen-bond donors (Lipinski definition) is 2. The van der Waals surface area contributed by atoms with Gasteiger partial charge < -0.3 is 10.8 Å². The molecular weight excluding hydrogens is 416 g/mol. The van der Waals surface area contributed by atoms with Crippen LogP contribution in [0.1, 0.15) is 22.3 Å². The molecule has 0 unspecified atom stereocenters. The molecule has 1 aliphatic heterocycles. The lowest BCUT2D eigenvalue weighted by atomic mass is 10.2. The minimum atomic E-state index is -1.15. The molecule has 29 heavy (non-hydrogen) atoms. The molecule has 1 aliphatic rings. The van der Waals surface area contributed by atoms with Gasteiger partial charge in [0, 0.05) is 17.0 Å². The highest BCUT2D eigenvalue weighted by molar-refractivity contribution is 8.14. The molecule has 0 aromatic heterocycles. The van der Waals surface area contributed by atoms with Crippen molar-refractivity contribution in [2.45, 2.75) is 11.7 Å². The van der Waals surface area contributed by atoms with E-state index in [1.807, 2.05) is 0 Å². The van der Waals surface area contributed by atoms with Gasteiger partial charge in [0.25, 0.3) is 0 Å². The quantitative estimate of drug-likeness (QED) is 0.325. The van der Waals surface area contributed by atoms with Crippen molar-refractivity contribution in [3.05, 3.63) is 64.7 Å². The topological polar surface area (TPSA) is 125 Å². The molecule has 8 nitrogen and oxygen atoms in total. The van der Waals surface area contributed by atoms with Crippen LogP contribution in [-0.4, -0.2) is 39.5 Å². The molecule has 0 aliphatic carbocycles. The summed E-state index contributed by atoms with van der Waals surface area (Å²) in [5, 5.41) is 16.5. The van der Waals surface area contributed by atoms with E-state index in [2.05, 4.69) is 10.2 Å². The Hall–Kier alpha value is -3.17. The lowest BCUT2D eigenvalue weighted by molar-refractivity contribution is -0.121. The number of rotatable bonds is 5. The van der Waals surface area contributed by atoms with E-state index in [9.17, 15) is 14.4 Å². The van der Waals surface area contributed by atoms with E-state index in [4.69, 9.17) is 22.4 Å². The fraction of sp³-hybridized carbons (Fsp3) is 0.105. The van der Waals surface area contributed by atoms with Gasteiger partial charge in [0.15, 0.2) is 5.17 Å². The van der Waals surface area contributed by atoms with Crippen LogP contribution in [0.5, 0.6) is 0 Å². The first kappa shape index (κ1) is 20.6. The summed E-state index contributed by atoms with van der Waals surface area (Å²) in [6.45, 7) is 0. The molecular formula is C19H15ClN4O4S. The number of carbonyl (C=O) groups excluding carboxylic acids is 2. The Kier molecular flexibility index (Phi) is 6.30. The van der Waals surface area contributed by atoms with E-state index in [0.717, 1.165) is 16.7 Å². The fourth-order valence-electron chi connectivity index (χ4n) is 2.64. The highest BCUT2D eigenvalue weighted by Gasteiger charge is 2.40. The number of carboxylic acid groups (broad SMARTS) is 1. The van der Waals surface area contributed by atoms with Crippen LogP contribution in [0.25, 0.3) is 0 Å². The number of amidine groups is 1. The Morgan fingerprint density at radius 1 is 1.24 bits per heavy atom. The molecule has 0 spiro atoms. The Balaban J connectivity index is 1.70. The Morgan fingerprint density at radius 2 is 2.00 bits per heavy atom. The number of hydrogen-bond acceptors (Lipinski definition) is 6. The number of anilines is 1. The second-order valence-corrected chi connectivity index (χ2v) is 7.57. The lowest BCUT2D eigenvalue weighted by Gasteiger charge is -2.15. The first-order valence-corrected chi connectivity index (χ1v) is 9.60. The largest absolute Gasteiger partial charge is 0.478 e. The Morgan fingerprint density at radius 3 is 2.72 bits per heavy atom. The van der Waals surface area contributed by atoms with Gasteiger partial charge in [0.2, 0.25) is 11.8 Å². The number of thioether (sulfide) groups is 1. The van der Waals surface area contributed by atoms with E-state index < -0.39 is 23.0 Å². The van der Waals surface area contributed by atoms with Crippen LogP contribution in [0.15, 0.2) is 58.7 Å². The molecule has 3 rings (SSSR count). The molecule has 3 N–H and O–H groups in total. The third kappa shape index (κ3) is 4.82. The number of halogens is 1. The van der Waals surface area contributed by atoms with Crippen LogP contribution in [0.4, 0.5) is 5.69 Å². The lowest BCUT2D eigenvalue weighted by Crippen LogP contribution is -2.32. The number of carbonyl (C=O) groups is 3. The number of imide groups is 1. The molecule has 1 atom stereocenters. The van der Waals surface area contributed by atoms with Crippen molar-refractivity contribution in [3.8, 4) is 0 Å². The van der Waals surface area contributed by atoms with Gasteiger partial charge >= 0.3 is 5.97 Å². The summed E-state index contributed by atoms with van der Waals surface area (Å²) >= 11 is 6.94. The van der Waals surface area contributed by atoms with Crippen molar-refractivity contribution in [3.63, 3.8) is 0 Å². The average Bonchev–Trinajstić information content (AvgIpc) is 2.96. The average molecular weight is 431 g/mol. The highest BCUT2D eigenvalue weighted by atomic mass is 35.5. The number of amides is 2. The van der Waals surface area contributed by atoms with Crippen LogP contribution in [-0.2, 0) is 9.59 Å². The van der Waals surface area contributed by atoms with Crippen LogP contribution >= 0.6 is 23.4 Å². The van der Waals surface area contributed by atoms with E-state index in [1.165, 1.54) is 30.5 Å². The zero-order chi connectivity index (χ0) is 21.0. The maximum atomic E-state index is 12.6. The molecule has 0 saturated carbocycles. The number of nitrogens with zero attached hydrogens (tertiary/aromatic N) is 3. The summed E-state index contributed by atoms with van der Waals surface area (Å²) in [7, 11) is 0. The third-order valence-electron chi connectivity index (χ3n) is 3.98. The van der Waals surface area contributed by atoms with Gasteiger partial charge in [0.05, 0.1) is 17.5 Å². The first-order chi connectivity index (χ1) is 13.9. The highest BCUT2D eigenvalue weighted by Crippen LogP contribution is 2.30. The summed E-state index contributed by atoms with van der Waals surface area (Å²) in [6.07, 6.45) is 1.35. The van der Waals surface area contributed by atoms with Gasteiger partial charge in [-0.05, 0) is 24.3 Å². The van der Waals surface area contributed by atoms with Crippen molar-refractivity contribution >= 4 is 58.2 Å². The molecule has 10 heteroatoms. The predicted octanol–water partition coefficient (Wildman–Crippen LogP) is 2.75. The predicted molar refractivity (Wildman–Crippen MR) is 113 cm³/mol. The first-order valence-electron chi connectivity index (χ1n) is 8.34. The standard InChI is InChI=1S/C19H15ClN4O4S/c20-14-7-2-1-4-12(14)10-22-23-19(21)29-15-9-16(25)24(17(15)26)13-6-3-5-11(8-13)18(27)28/h1-8,10,15H,9H2,(H2,21,23)(H,27,28)/b22-10-/t15-/m0/s1. The fourth-order valence-corrected chi connectivity index (χ4v) is 3.64. The molecule has 2 amide bonds. The van der Waals surface area contributed by atoms with Crippen molar-refractivity contribution in [2.75, 3.05) is 4.90 Å². The van der Waals surface area contributed by atoms with E-state index in [0.29, 0.717) is 10.6 Å². The summed E-state index contributed by atoms with van der Waals surface area (Å²) < 4.78 is 0. The van der Waals surface area contributed by atoms with Crippen LogP contribution in [0, 0.1) is 0 Å². The summed E-state index contributed by atoms with van der Waals surface area (Å²) in [6, 6.07) is 12.7. The Bertz CT molecular complexity index is 1040. The third-order valence-corrected chi connectivity index (χ3v) is 5.30. The maximum absolute atomic E-state index is 12.6. The molecule has 148 valence electrons. The summed E-state index contributed by atoms with van der Waals surface area (Å²) in [4.78, 5) is 37.0. The smallest absolute Gasteiger partial charge is 0.335 e. The van der Waals surface area contributed by atoms with E-state index in [1.54, 1.807) is 24.3 Å². The van der Waals surface area contributed by atoms with E-state index in [-0.39, 0.29) is 22.8 Å². The van der Waals surface area contributed by atoms with Crippen molar-refractivity contribution in [2.24, 2.45) is 15.9 Å². The second-order valence-electron chi connectivity index (χ2n) is 5.94. The maximum Gasteiger partial charge on any atom is 0.335 e. The summed E-state index contributed by atoms with van der Waals surface area (Å²) in [5.74, 6) is -2.08. The van der Waals surface area contributed by atoms with Crippen molar-refractivity contribution in [1.82, 2.24) is 0 Å². The van der Waals surface area contributed by atoms with Gasteiger partial charge in [-0.1, -0.05) is 47.6 Å². The van der Waals surface area contributed by atoms with Gasteiger partial charge in [-0.3, -0.25) is 9.59 Å². The Labute approximate surface area is 175 Å². The minimum Gasteiger partial charge on any atom is -0.478 e. The van der Waals surface area contributed by atoms with Crippen LogP contribution < -0.4 is 10.6 Å². The van der Waals surface area contributed by atoms with Crippen LogP contribution in [0.3, 0.4) is 0 Å². The van der Waals surface area contributed by atoms with Crippen LogP contribution in [0.2, 0.25) is 5.02 Å². The van der Waals surface area contributed by atoms with Crippen molar-refractivity contribution in [1.29, 1.82) is 0 Å². The van der Waals surface area contributed by atoms with Gasteiger partial charge in [0.1, 0.15) is 5.25 Å². The zero-order valence-corrected chi connectivity index (χ0v) is 16.4. The molecule has 0 bridgehead atoms. The normalized spacial score (nSPS) is 17.3. The molecule has 0 radical (unpaired) electrons. The number of benzene rings is 2.